The van der Waals surface area contributed by atoms with Gasteiger partial charge in [-0.25, -0.2) is 0 Å². The van der Waals surface area contributed by atoms with Crippen molar-refractivity contribution in [2.45, 2.75) is 32.1 Å². The monoisotopic (exact) mass is 296 g/mol. The average molecular weight is 297 g/mol. The van der Waals surface area contributed by atoms with Crippen molar-refractivity contribution in [2.24, 2.45) is 11.8 Å². The third-order valence-corrected chi connectivity index (χ3v) is 4.19. The summed E-state index contributed by atoms with van der Waals surface area (Å²) in [6.45, 7) is 0. The summed E-state index contributed by atoms with van der Waals surface area (Å²) >= 11 is 3.43. The molecule has 0 saturated heterocycles. The highest BCUT2D eigenvalue weighted by Gasteiger charge is 2.28. The predicted octanol–water partition coefficient (Wildman–Crippen LogP) is 3.88. The highest BCUT2D eigenvalue weighted by atomic mass is 79.9. The molecule has 2 nitrogen and oxygen atoms in total. The molecule has 0 amide bonds. The van der Waals surface area contributed by atoms with Crippen LogP contribution in [-0.4, -0.2) is 11.1 Å². The van der Waals surface area contributed by atoms with Gasteiger partial charge in [0.2, 0.25) is 0 Å². The Hall–Kier alpha value is -0.830. The predicted molar refractivity (Wildman–Crippen MR) is 70.9 cm³/mol. The lowest BCUT2D eigenvalue weighted by Gasteiger charge is -2.17. The van der Waals surface area contributed by atoms with Gasteiger partial charge in [0.05, 0.1) is 0 Å². The molecule has 1 aliphatic rings. The van der Waals surface area contributed by atoms with Crippen LogP contribution >= 0.6 is 15.9 Å². The smallest absolute Gasteiger partial charge is 0.303 e. The number of carbonyl (C=O) groups is 1. The summed E-state index contributed by atoms with van der Waals surface area (Å²) in [6, 6.07) is 8.35. The fourth-order valence-corrected chi connectivity index (χ4v) is 3.06. The summed E-state index contributed by atoms with van der Waals surface area (Å²) in [5, 5.41) is 8.89. The van der Waals surface area contributed by atoms with Gasteiger partial charge in [-0.1, -0.05) is 34.5 Å². The van der Waals surface area contributed by atoms with Crippen LogP contribution in [0.1, 0.15) is 31.2 Å². The molecule has 0 bridgehead atoms. The summed E-state index contributed by atoms with van der Waals surface area (Å²) in [5.41, 5.74) is 1.32. The maximum absolute atomic E-state index is 10.8. The van der Waals surface area contributed by atoms with E-state index in [-0.39, 0.29) is 0 Å². The summed E-state index contributed by atoms with van der Waals surface area (Å²) in [6.07, 6.45) is 4.78. The summed E-state index contributed by atoms with van der Waals surface area (Å²) in [7, 11) is 0. The summed E-state index contributed by atoms with van der Waals surface area (Å²) < 4.78 is 1.09. The molecule has 1 fully saturated rings. The van der Waals surface area contributed by atoms with E-state index in [0.717, 1.165) is 17.3 Å². The first kappa shape index (κ1) is 12.6. The van der Waals surface area contributed by atoms with Crippen molar-refractivity contribution >= 4 is 21.9 Å². The van der Waals surface area contributed by atoms with Gasteiger partial charge in [-0.3, -0.25) is 4.79 Å². The molecule has 0 heterocycles. The summed E-state index contributed by atoms with van der Waals surface area (Å²) in [5.74, 6) is 0.265. The van der Waals surface area contributed by atoms with E-state index in [9.17, 15) is 4.79 Å². The standard InChI is InChI=1S/C14H17BrO2/c15-13-6-4-10(5-7-13)8-11-2-1-3-12(11)9-14(16)17/h4-7,11-12H,1-3,8-9H2,(H,16,17). The minimum Gasteiger partial charge on any atom is -0.481 e. The highest BCUT2D eigenvalue weighted by Crippen LogP contribution is 2.36. The van der Waals surface area contributed by atoms with Gasteiger partial charge in [-0.05, 0) is 48.8 Å². The van der Waals surface area contributed by atoms with Crippen LogP contribution in [0.15, 0.2) is 28.7 Å². The number of benzene rings is 1. The van der Waals surface area contributed by atoms with E-state index >= 15 is 0 Å². The quantitative estimate of drug-likeness (QED) is 0.915. The molecule has 0 spiro atoms. The van der Waals surface area contributed by atoms with Crippen LogP contribution in [0.4, 0.5) is 0 Å². The molecule has 1 aliphatic carbocycles. The third-order valence-electron chi connectivity index (χ3n) is 3.66. The molecule has 2 atom stereocenters. The van der Waals surface area contributed by atoms with Gasteiger partial charge in [0, 0.05) is 10.9 Å². The average Bonchev–Trinajstić information content (AvgIpc) is 2.68. The molecule has 0 aromatic heterocycles. The lowest BCUT2D eigenvalue weighted by Crippen LogP contribution is -2.14. The first-order chi connectivity index (χ1) is 8.15. The van der Waals surface area contributed by atoms with Crippen LogP contribution in [0.25, 0.3) is 0 Å². The molecular formula is C14H17BrO2. The van der Waals surface area contributed by atoms with Crippen molar-refractivity contribution in [1.82, 2.24) is 0 Å². The zero-order valence-electron chi connectivity index (χ0n) is 9.73. The summed E-state index contributed by atoms with van der Waals surface area (Å²) in [4.78, 5) is 10.8. The van der Waals surface area contributed by atoms with Crippen molar-refractivity contribution in [1.29, 1.82) is 0 Å². The number of halogens is 1. The Balaban J connectivity index is 1.97. The fourth-order valence-electron chi connectivity index (χ4n) is 2.80. The number of rotatable bonds is 4. The lowest BCUT2D eigenvalue weighted by molar-refractivity contribution is -0.138. The molecule has 0 radical (unpaired) electrons. The van der Waals surface area contributed by atoms with Gasteiger partial charge >= 0.3 is 5.97 Å². The Labute approximate surface area is 110 Å². The maximum atomic E-state index is 10.8. The van der Waals surface area contributed by atoms with E-state index in [2.05, 4.69) is 40.2 Å². The third kappa shape index (κ3) is 3.56. The van der Waals surface area contributed by atoms with Gasteiger partial charge in [-0.15, -0.1) is 0 Å². The molecular weight excluding hydrogens is 280 g/mol. The van der Waals surface area contributed by atoms with Gasteiger partial charge in [0.25, 0.3) is 0 Å². The first-order valence-corrected chi connectivity index (χ1v) is 6.90. The van der Waals surface area contributed by atoms with Crippen molar-refractivity contribution in [3.8, 4) is 0 Å². The molecule has 2 unspecified atom stereocenters. The number of hydrogen-bond acceptors (Lipinski definition) is 1. The van der Waals surface area contributed by atoms with E-state index < -0.39 is 5.97 Å². The Kier molecular flexibility index (Phi) is 4.21. The van der Waals surface area contributed by atoms with Crippen molar-refractivity contribution < 1.29 is 9.90 Å². The molecule has 1 aromatic rings. The van der Waals surface area contributed by atoms with Gasteiger partial charge in [0.15, 0.2) is 0 Å². The maximum Gasteiger partial charge on any atom is 0.303 e. The molecule has 1 aromatic carbocycles. The highest BCUT2D eigenvalue weighted by molar-refractivity contribution is 9.10. The fraction of sp³-hybridized carbons (Fsp3) is 0.500. The molecule has 17 heavy (non-hydrogen) atoms. The minimum absolute atomic E-state index is 0.335. The lowest BCUT2D eigenvalue weighted by atomic mass is 9.87. The Morgan fingerprint density at radius 2 is 1.88 bits per heavy atom. The Morgan fingerprint density at radius 3 is 2.53 bits per heavy atom. The van der Waals surface area contributed by atoms with Crippen molar-refractivity contribution in [3.05, 3.63) is 34.3 Å². The van der Waals surface area contributed by atoms with Crippen LogP contribution < -0.4 is 0 Å². The molecule has 0 aliphatic heterocycles. The zero-order valence-corrected chi connectivity index (χ0v) is 11.3. The van der Waals surface area contributed by atoms with E-state index in [1.807, 2.05) is 0 Å². The topological polar surface area (TPSA) is 37.3 Å². The molecule has 92 valence electrons. The molecule has 1 saturated carbocycles. The van der Waals surface area contributed by atoms with E-state index in [1.165, 1.54) is 18.4 Å². The first-order valence-electron chi connectivity index (χ1n) is 6.11. The second-order valence-corrected chi connectivity index (χ2v) is 5.80. The van der Waals surface area contributed by atoms with E-state index in [1.54, 1.807) is 0 Å². The molecule has 2 rings (SSSR count). The van der Waals surface area contributed by atoms with E-state index in [4.69, 9.17) is 5.11 Å². The second kappa shape index (κ2) is 5.67. The molecule has 3 heteroatoms. The number of carboxylic acid groups (broad SMARTS) is 1. The zero-order chi connectivity index (χ0) is 12.3. The molecule has 1 N–H and O–H groups in total. The minimum atomic E-state index is -0.655. The largest absolute Gasteiger partial charge is 0.481 e. The van der Waals surface area contributed by atoms with Crippen LogP contribution in [0.2, 0.25) is 0 Å². The normalized spacial score (nSPS) is 23.8. The Morgan fingerprint density at radius 1 is 1.24 bits per heavy atom. The van der Waals surface area contributed by atoms with Crippen molar-refractivity contribution in [3.63, 3.8) is 0 Å². The van der Waals surface area contributed by atoms with Crippen LogP contribution in [0.5, 0.6) is 0 Å². The van der Waals surface area contributed by atoms with Gasteiger partial charge in [0.1, 0.15) is 0 Å². The van der Waals surface area contributed by atoms with Crippen LogP contribution in [0.3, 0.4) is 0 Å². The van der Waals surface area contributed by atoms with Gasteiger partial charge < -0.3 is 5.11 Å². The van der Waals surface area contributed by atoms with Crippen LogP contribution in [-0.2, 0) is 11.2 Å². The second-order valence-electron chi connectivity index (χ2n) is 4.88. The van der Waals surface area contributed by atoms with Gasteiger partial charge in [-0.2, -0.15) is 0 Å². The number of aliphatic carboxylic acids is 1. The van der Waals surface area contributed by atoms with Crippen LogP contribution in [0, 0.1) is 11.8 Å². The number of hydrogen-bond donors (Lipinski definition) is 1. The Bertz CT molecular complexity index is 386. The van der Waals surface area contributed by atoms with E-state index in [0.29, 0.717) is 18.3 Å². The number of carboxylic acids is 1. The van der Waals surface area contributed by atoms with Crippen molar-refractivity contribution in [2.75, 3.05) is 0 Å². The SMILES string of the molecule is O=C(O)CC1CCCC1Cc1ccc(Br)cc1.